The van der Waals surface area contributed by atoms with Gasteiger partial charge in [-0.1, -0.05) is 34.1 Å². The minimum atomic E-state index is -1.37. The lowest BCUT2D eigenvalue weighted by atomic mass is 9.97. The summed E-state index contributed by atoms with van der Waals surface area (Å²) >= 11 is 0. The summed E-state index contributed by atoms with van der Waals surface area (Å²) in [4.78, 5) is 56.6. The summed E-state index contributed by atoms with van der Waals surface area (Å²) in [6.45, 7) is 8.54. The Morgan fingerprint density at radius 1 is 1.03 bits per heavy atom. The summed E-state index contributed by atoms with van der Waals surface area (Å²) < 4.78 is 0. The van der Waals surface area contributed by atoms with Gasteiger partial charge in [-0.25, -0.2) is 9.78 Å². The van der Waals surface area contributed by atoms with Gasteiger partial charge in [-0.15, -0.1) is 0 Å². The number of rotatable bonds is 14. The molecule has 1 heterocycles. The molecule has 0 saturated heterocycles. The van der Waals surface area contributed by atoms with E-state index in [0.717, 1.165) is 0 Å². The molecule has 34 heavy (non-hydrogen) atoms. The van der Waals surface area contributed by atoms with Crippen LogP contribution in [0.4, 0.5) is 0 Å². The molecule has 192 valence electrons. The van der Waals surface area contributed by atoms with E-state index in [0.29, 0.717) is 12.1 Å². The molecule has 0 aliphatic carbocycles. The summed E-state index contributed by atoms with van der Waals surface area (Å²) in [7, 11) is 0. The summed E-state index contributed by atoms with van der Waals surface area (Å²) in [6.07, 6.45) is 2.59. The first kappa shape index (κ1) is 29.0. The number of H-pyrrole nitrogens is 1. The highest BCUT2D eigenvalue weighted by Crippen LogP contribution is 2.11. The standard InChI is InChI=1S/C22H38N6O6/c1-6-12(4)17(22(33)34)27-20(31)16(7-11(2)3)26-21(32)18(13(5)29)28-19(30)15(23)8-14-9-24-10-25-14/h9-13,15-18,29H,6-8,23H2,1-5H3,(H,24,25)(H,26,32)(H,27,31)(H,28,30)(H,33,34). The number of nitrogens with zero attached hydrogens (tertiary/aromatic N) is 1. The van der Waals surface area contributed by atoms with Crippen molar-refractivity contribution in [3.8, 4) is 0 Å². The number of carbonyl (C=O) groups is 4. The number of hydrogen-bond donors (Lipinski definition) is 7. The minimum Gasteiger partial charge on any atom is -0.480 e. The van der Waals surface area contributed by atoms with E-state index in [1.807, 2.05) is 20.8 Å². The zero-order chi connectivity index (χ0) is 26.0. The van der Waals surface area contributed by atoms with Crippen molar-refractivity contribution >= 4 is 23.7 Å². The van der Waals surface area contributed by atoms with Crippen molar-refractivity contribution in [1.29, 1.82) is 0 Å². The van der Waals surface area contributed by atoms with Gasteiger partial charge >= 0.3 is 5.97 Å². The molecule has 1 rings (SSSR count). The molecule has 1 aromatic heterocycles. The van der Waals surface area contributed by atoms with Gasteiger partial charge < -0.3 is 36.9 Å². The van der Waals surface area contributed by atoms with Crippen LogP contribution in [0.5, 0.6) is 0 Å². The third-order valence-corrected chi connectivity index (χ3v) is 5.51. The van der Waals surface area contributed by atoms with Gasteiger partial charge in [-0.05, 0) is 25.2 Å². The highest BCUT2D eigenvalue weighted by atomic mass is 16.4. The van der Waals surface area contributed by atoms with E-state index in [1.54, 1.807) is 6.92 Å². The maximum atomic E-state index is 12.9. The van der Waals surface area contributed by atoms with Crippen molar-refractivity contribution in [2.75, 3.05) is 0 Å². The number of aliphatic carboxylic acids is 1. The molecular formula is C22H38N6O6. The smallest absolute Gasteiger partial charge is 0.326 e. The molecule has 1 aromatic rings. The van der Waals surface area contributed by atoms with E-state index in [1.165, 1.54) is 19.4 Å². The number of carbonyl (C=O) groups excluding carboxylic acids is 3. The summed E-state index contributed by atoms with van der Waals surface area (Å²) in [6, 6.07) is -4.55. The predicted octanol–water partition coefficient (Wildman–Crippen LogP) is -0.708. The first-order valence-corrected chi connectivity index (χ1v) is 11.4. The number of nitrogens with one attached hydrogen (secondary N) is 4. The lowest BCUT2D eigenvalue weighted by Gasteiger charge is -2.28. The fourth-order valence-electron chi connectivity index (χ4n) is 3.29. The number of aromatic amines is 1. The Kier molecular flexibility index (Phi) is 11.7. The fourth-order valence-corrected chi connectivity index (χ4v) is 3.29. The van der Waals surface area contributed by atoms with Gasteiger partial charge in [0.15, 0.2) is 0 Å². The molecule has 0 aromatic carbocycles. The molecule has 6 unspecified atom stereocenters. The van der Waals surface area contributed by atoms with Crippen LogP contribution in [0.1, 0.15) is 53.2 Å². The van der Waals surface area contributed by atoms with Crippen molar-refractivity contribution in [3.63, 3.8) is 0 Å². The third kappa shape index (κ3) is 9.10. The number of aliphatic hydroxyl groups excluding tert-OH is 1. The second-order valence-corrected chi connectivity index (χ2v) is 9.02. The quantitative estimate of drug-likeness (QED) is 0.180. The van der Waals surface area contributed by atoms with Crippen molar-refractivity contribution in [3.05, 3.63) is 18.2 Å². The van der Waals surface area contributed by atoms with Gasteiger partial charge in [0.1, 0.15) is 18.1 Å². The second kappa shape index (κ2) is 13.7. The van der Waals surface area contributed by atoms with Crippen LogP contribution in [0.3, 0.4) is 0 Å². The molecule has 0 spiro atoms. The molecule has 0 radical (unpaired) electrons. The number of aliphatic hydroxyl groups is 1. The summed E-state index contributed by atoms with van der Waals surface area (Å²) in [5.74, 6) is -3.60. The first-order valence-electron chi connectivity index (χ1n) is 11.4. The number of carboxylic acid groups (broad SMARTS) is 1. The van der Waals surface area contributed by atoms with Crippen LogP contribution in [-0.2, 0) is 25.6 Å². The van der Waals surface area contributed by atoms with Crippen molar-refractivity contribution in [1.82, 2.24) is 25.9 Å². The molecule has 0 aliphatic rings. The second-order valence-electron chi connectivity index (χ2n) is 9.02. The molecule has 0 saturated carbocycles. The molecule has 0 aliphatic heterocycles. The normalized spacial score (nSPS) is 16.6. The van der Waals surface area contributed by atoms with Crippen LogP contribution in [-0.4, -0.2) is 74.1 Å². The highest BCUT2D eigenvalue weighted by Gasteiger charge is 2.33. The Balaban J connectivity index is 2.92. The van der Waals surface area contributed by atoms with Crippen LogP contribution < -0.4 is 21.7 Å². The molecular weight excluding hydrogens is 444 g/mol. The average molecular weight is 483 g/mol. The lowest BCUT2D eigenvalue weighted by Crippen LogP contribution is -2.60. The monoisotopic (exact) mass is 482 g/mol. The van der Waals surface area contributed by atoms with E-state index in [9.17, 15) is 29.4 Å². The third-order valence-electron chi connectivity index (χ3n) is 5.51. The average Bonchev–Trinajstić information content (AvgIpc) is 3.26. The van der Waals surface area contributed by atoms with Gasteiger partial charge in [-0.3, -0.25) is 14.4 Å². The van der Waals surface area contributed by atoms with E-state index >= 15 is 0 Å². The summed E-state index contributed by atoms with van der Waals surface area (Å²) in [5.41, 5.74) is 6.53. The Hall–Kier alpha value is -2.99. The van der Waals surface area contributed by atoms with Crippen LogP contribution in [0.25, 0.3) is 0 Å². The predicted molar refractivity (Wildman–Crippen MR) is 124 cm³/mol. The van der Waals surface area contributed by atoms with Gasteiger partial charge in [0.05, 0.1) is 18.5 Å². The first-order chi connectivity index (χ1) is 15.9. The molecule has 6 atom stereocenters. The molecule has 12 nitrogen and oxygen atoms in total. The molecule has 12 heteroatoms. The maximum absolute atomic E-state index is 12.9. The Labute approximate surface area is 199 Å². The molecule has 0 bridgehead atoms. The van der Waals surface area contributed by atoms with Crippen molar-refractivity contribution in [2.24, 2.45) is 17.6 Å². The number of carboxylic acids is 1. The Morgan fingerprint density at radius 2 is 1.65 bits per heavy atom. The highest BCUT2D eigenvalue weighted by molar-refractivity contribution is 5.94. The van der Waals surface area contributed by atoms with Crippen LogP contribution in [0, 0.1) is 11.8 Å². The van der Waals surface area contributed by atoms with Gasteiger partial charge in [0.2, 0.25) is 17.7 Å². The number of amides is 3. The largest absolute Gasteiger partial charge is 0.480 e. The van der Waals surface area contributed by atoms with Gasteiger partial charge in [-0.2, -0.15) is 0 Å². The van der Waals surface area contributed by atoms with Crippen LogP contribution in [0.15, 0.2) is 12.5 Å². The summed E-state index contributed by atoms with van der Waals surface area (Å²) in [5, 5.41) is 27.1. The number of imidazole rings is 1. The number of hydrogen-bond acceptors (Lipinski definition) is 7. The van der Waals surface area contributed by atoms with Crippen LogP contribution >= 0.6 is 0 Å². The van der Waals surface area contributed by atoms with Crippen molar-refractivity contribution < 1.29 is 29.4 Å². The fraction of sp³-hybridized carbons (Fsp3) is 0.682. The molecule has 3 amide bonds. The lowest BCUT2D eigenvalue weighted by molar-refractivity contribution is -0.144. The van der Waals surface area contributed by atoms with Crippen LogP contribution in [0.2, 0.25) is 0 Å². The topological polar surface area (TPSA) is 200 Å². The molecule has 0 fully saturated rings. The zero-order valence-electron chi connectivity index (χ0n) is 20.4. The Bertz CT molecular complexity index is 813. The van der Waals surface area contributed by atoms with E-state index in [-0.39, 0.29) is 24.7 Å². The van der Waals surface area contributed by atoms with Gasteiger partial charge in [0.25, 0.3) is 0 Å². The molecule has 8 N–H and O–H groups in total. The number of aromatic nitrogens is 2. The van der Waals surface area contributed by atoms with Crippen molar-refractivity contribution in [2.45, 2.75) is 84.2 Å². The SMILES string of the molecule is CCC(C)C(NC(=O)C(CC(C)C)NC(=O)C(NC(=O)C(N)Cc1cnc[nH]1)C(C)O)C(=O)O. The van der Waals surface area contributed by atoms with E-state index < -0.39 is 54.0 Å². The number of nitrogens with two attached hydrogens (primary N) is 1. The van der Waals surface area contributed by atoms with E-state index in [2.05, 4.69) is 25.9 Å². The van der Waals surface area contributed by atoms with Gasteiger partial charge in [0, 0.05) is 18.3 Å². The minimum absolute atomic E-state index is 0.00894. The Morgan fingerprint density at radius 3 is 2.12 bits per heavy atom. The zero-order valence-corrected chi connectivity index (χ0v) is 20.4. The maximum Gasteiger partial charge on any atom is 0.326 e. The van der Waals surface area contributed by atoms with E-state index in [4.69, 9.17) is 5.73 Å².